The van der Waals surface area contributed by atoms with E-state index >= 15 is 0 Å². The maximum absolute atomic E-state index is 14.2. The Morgan fingerprint density at radius 3 is 2.58 bits per heavy atom. The smallest absolute Gasteiger partial charge is 0.409 e. The molecule has 2 fully saturated rings. The molecular formula is C24H28FN3O3. The van der Waals surface area contributed by atoms with Crippen LogP contribution in [0, 0.1) is 12.7 Å². The van der Waals surface area contributed by atoms with Gasteiger partial charge in [0.05, 0.1) is 6.54 Å². The number of cyclic esters (lactones) is 1. The first-order valence-corrected chi connectivity index (χ1v) is 11.0. The highest BCUT2D eigenvalue weighted by molar-refractivity contribution is 5.69. The summed E-state index contributed by atoms with van der Waals surface area (Å²) in [7, 11) is 0. The SMILES string of the molecule is Cc1ccc2c(c1)CC(N1CCN(CCN3CCOC3=O)CC1)c1cc(F)ccc1O2. The molecule has 0 aromatic heterocycles. The van der Waals surface area contributed by atoms with Gasteiger partial charge in [0.25, 0.3) is 0 Å². The molecule has 0 N–H and O–H groups in total. The summed E-state index contributed by atoms with van der Waals surface area (Å²) in [6, 6.07) is 11.2. The molecule has 2 saturated heterocycles. The van der Waals surface area contributed by atoms with E-state index in [-0.39, 0.29) is 18.0 Å². The first-order valence-electron chi connectivity index (χ1n) is 11.0. The summed E-state index contributed by atoms with van der Waals surface area (Å²) in [4.78, 5) is 18.2. The number of aryl methyl sites for hydroxylation is 1. The molecule has 0 spiro atoms. The molecule has 0 saturated carbocycles. The molecule has 2 aromatic carbocycles. The molecule has 164 valence electrons. The Morgan fingerprint density at radius 2 is 1.81 bits per heavy atom. The van der Waals surface area contributed by atoms with Gasteiger partial charge in [-0.3, -0.25) is 9.80 Å². The number of carbonyl (C=O) groups excluding carboxylic acids is 1. The number of nitrogens with zero attached hydrogens (tertiary/aromatic N) is 3. The molecule has 0 aliphatic carbocycles. The van der Waals surface area contributed by atoms with E-state index < -0.39 is 0 Å². The lowest BCUT2D eigenvalue weighted by atomic mass is 9.95. The molecule has 1 amide bonds. The minimum absolute atomic E-state index is 0.0736. The maximum Gasteiger partial charge on any atom is 0.409 e. The first-order chi connectivity index (χ1) is 15.1. The van der Waals surface area contributed by atoms with Crippen LogP contribution in [0.4, 0.5) is 9.18 Å². The van der Waals surface area contributed by atoms with Gasteiger partial charge in [0.2, 0.25) is 0 Å². The lowest BCUT2D eigenvalue weighted by molar-refractivity contribution is 0.0897. The molecule has 5 rings (SSSR count). The number of piperazine rings is 1. The second-order valence-corrected chi connectivity index (χ2v) is 8.59. The summed E-state index contributed by atoms with van der Waals surface area (Å²) in [6.07, 6.45) is 0.595. The van der Waals surface area contributed by atoms with Crippen molar-refractivity contribution in [3.63, 3.8) is 0 Å². The Morgan fingerprint density at radius 1 is 1.00 bits per heavy atom. The lowest BCUT2D eigenvalue weighted by Gasteiger charge is -2.39. The average Bonchev–Trinajstić information content (AvgIpc) is 3.11. The number of fused-ring (bicyclic) bond motifs is 2. The predicted molar refractivity (Wildman–Crippen MR) is 115 cm³/mol. The van der Waals surface area contributed by atoms with Gasteiger partial charge >= 0.3 is 6.09 Å². The zero-order valence-electron chi connectivity index (χ0n) is 17.8. The Hall–Kier alpha value is -2.64. The molecule has 2 aromatic rings. The Balaban J connectivity index is 1.31. The van der Waals surface area contributed by atoms with Crippen LogP contribution in [0.15, 0.2) is 36.4 Å². The molecule has 31 heavy (non-hydrogen) atoms. The highest BCUT2D eigenvalue weighted by Gasteiger charge is 2.31. The van der Waals surface area contributed by atoms with Crippen molar-refractivity contribution in [3.8, 4) is 11.5 Å². The van der Waals surface area contributed by atoms with Crippen LogP contribution >= 0.6 is 0 Å². The molecule has 6 nitrogen and oxygen atoms in total. The second kappa shape index (κ2) is 8.48. The van der Waals surface area contributed by atoms with E-state index in [1.165, 1.54) is 11.6 Å². The normalized spacial score (nSPS) is 21.8. The van der Waals surface area contributed by atoms with Crippen LogP contribution in [0.25, 0.3) is 0 Å². The van der Waals surface area contributed by atoms with Gasteiger partial charge in [-0.05, 0) is 43.2 Å². The fourth-order valence-corrected chi connectivity index (χ4v) is 4.79. The van der Waals surface area contributed by atoms with E-state index in [0.717, 1.165) is 61.8 Å². The van der Waals surface area contributed by atoms with Crippen LogP contribution in [0.5, 0.6) is 11.5 Å². The van der Waals surface area contributed by atoms with Crippen LogP contribution in [-0.4, -0.2) is 73.2 Å². The summed E-state index contributed by atoms with van der Waals surface area (Å²) in [5.74, 6) is 1.37. The third kappa shape index (κ3) is 4.25. The number of ether oxygens (including phenoxy) is 2. The molecule has 3 heterocycles. The summed E-state index contributed by atoms with van der Waals surface area (Å²) in [6.45, 7) is 8.45. The van der Waals surface area contributed by atoms with Crippen LogP contribution < -0.4 is 4.74 Å². The molecule has 1 unspecified atom stereocenters. The summed E-state index contributed by atoms with van der Waals surface area (Å²) in [5.41, 5.74) is 3.28. The van der Waals surface area contributed by atoms with Crippen LogP contribution in [0.1, 0.15) is 22.7 Å². The van der Waals surface area contributed by atoms with Gasteiger partial charge in [-0.2, -0.15) is 0 Å². The molecule has 3 aliphatic rings. The van der Waals surface area contributed by atoms with Gasteiger partial charge in [-0.1, -0.05) is 17.7 Å². The zero-order valence-corrected chi connectivity index (χ0v) is 17.8. The van der Waals surface area contributed by atoms with E-state index in [9.17, 15) is 9.18 Å². The molecule has 0 bridgehead atoms. The van der Waals surface area contributed by atoms with Crippen molar-refractivity contribution >= 4 is 6.09 Å². The van der Waals surface area contributed by atoms with Crippen LogP contribution in [0.3, 0.4) is 0 Å². The predicted octanol–water partition coefficient (Wildman–Crippen LogP) is 3.59. The highest BCUT2D eigenvalue weighted by Crippen LogP contribution is 2.41. The van der Waals surface area contributed by atoms with Crippen LogP contribution in [-0.2, 0) is 11.2 Å². The maximum atomic E-state index is 14.2. The van der Waals surface area contributed by atoms with E-state index in [4.69, 9.17) is 9.47 Å². The number of amides is 1. The fourth-order valence-electron chi connectivity index (χ4n) is 4.79. The van der Waals surface area contributed by atoms with E-state index in [0.29, 0.717) is 19.7 Å². The van der Waals surface area contributed by atoms with Crippen molar-refractivity contribution in [1.82, 2.24) is 14.7 Å². The van der Waals surface area contributed by atoms with Crippen molar-refractivity contribution < 1.29 is 18.7 Å². The van der Waals surface area contributed by atoms with E-state index in [1.54, 1.807) is 17.0 Å². The number of benzene rings is 2. The highest BCUT2D eigenvalue weighted by atomic mass is 19.1. The lowest BCUT2D eigenvalue weighted by Crippen LogP contribution is -2.49. The van der Waals surface area contributed by atoms with Gasteiger partial charge in [-0.15, -0.1) is 0 Å². The van der Waals surface area contributed by atoms with Crippen molar-refractivity contribution in [2.75, 3.05) is 52.4 Å². The topological polar surface area (TPSA) is 45.2 Å². The van der Waals surface area contributed by atoms with Crippen molar-refractivity contribution in [1.29, 1.82) is 0 Å². The third-order valence-electron chi connectivity index (χ3n) is 6.56. The van der Waals surface area contributed by atoms with Crippen LogP contribution in [0.2, 0.25) is 0 Å². The molecule has 1 atom stereocenters. The van der Waals surface area contributed by atoms with Gasteiger partial charge in [0.1, 0.15) is 23.9 Å². The first kappa shape index (κ1) is 20.3. The minimum atomic E-state index is -0.231. The number of halogens is 1. The Labute approximate surface area is 182 Å². The number of hydrogen-bond donors (Lipinski definition) is 0. The van der Waals surface area contributed by atoms with Gasteiger partial charge < -0.3 is 14.4 Å². The Kier molecular flexibility index (Phi) is 5.54. The minimum Gasteiger partial charge on any atom is -0.457 e. The molecule has 7 heteroatoms. The van der Waals surface area contributed by atoms with Gasteiger partial charge in [0.15, 0.2) is 0 Å². The Bertz CT molecular complexity index is 975. The van der Waals surface area contributed by atoms with Crippen molar-refractivity contribution in [2.24, 2.45) is 0 Å². The van der Waals surface area contributed by atoms with Crippen molar-refractivity contribution in [3.05, 3.63) is 58.9 Å². The standard InChI is InChI=1S/C24H28FN3O3/c1-17-2-4-22-18(14-17)15-21(20-16-19(25)3-5-23(20)31-22)27-9-6-26(7-10-27)8-11-28-12-13-30-24(28)29/h2-5,14,16,21H,6-13,15H2,1H3. The largest absolute Gasteiger partial charge is 0.457 e. The van der Waals surface area contributed by atoms with E-state index in [1.807, 2.05) is 6.07 Å². The van der Waals surface area contributed by atoms with Gasteiger partial charge in [0, 0.05) is 50.9 Å². The molecular weight excluding hydrogens is 397 g/mol. The fraction of sp³-hybridized carbons (Fsp3) is 0.458. The summed E-state index contributed by atoms with van der Waals surface area (Å²) >= 11 is 0. The summed E-state index contributed by atoms with van der Waals surface area (Å²) in [5, 5.41) is 0. The van der Waals surface area contributed by atoms with Gasteiger partial charge in [-0.25, -0.2) is 9.18 Å². The number of carbonyl (C=O) groups is 1. The monoisotopic (exact) mass is 425 g/mol. The second-order valence-electron chi connectivity index (χ2n) is 8.59. The summed E-state index contributed by atoms with van der Waals surface area (Å²) < 4.78 is 25.4. The molecule has 0 radical (unpaired) electrons. The van der Waals surface area contributed by atoms with E-state index in [2.05, 4.69) is 28.9 Å². The van der Waals surface area contributed by atoms with Crippen molar-refractivity contribution in [2.45, 2.75) is 19.4 Å². The quantitative estimate of drug-likeness (QED) is 0.749. The number of hydrogen-bond acceptors (Lipinski definition) is 5. The zero-order chi connectivity index (χ0) is 21.4. The molecule has 3 aliphatic heterocycles. The third-order valence-corrected chi connectivity index (χ3v) is 6.56. The number of rotatable bonds is 4. The average molecular weight is 426 g/mol.